The molecular formula is C21H32N2O5. The maximum absolute atomic E-state index is 12.7. The Kier molecular flexibility index (Phi) is 5.85. The van der Waals surface area contributed by atoms with Crippen molar-refractivity contribution in [3.63, 3.8) is 0 Å². The molecule has 2 saturated heterocycles. The number of nitrogens with one attached hydrogen (secondary N) is 1. The van der Waals surface area contributed by atoms with Gasteiger partial charge in [0.05, 0.1) is 23.9 Å². The van der Waals surface area contributed by atoms with E-state index >= 15 is 0 Å². The second kappa shape index (κ2) is 7.72. The first-order valence-corrected chi connectivity index (χ1v) is 9.79. The van der Waals surface area contributed by atoms with E-state index in [1.54, 1.807) is 7.05 Å². The van der Waals surface area contributed by atoms with Crippen LogP contribution in [0.1, 0.15) is 33.3 Å². The molecule has 28 heavy (non-hydrogen) atoms. The molecule has 0 spiro atoms. The number of rotatable bonds is 4. The first-order chi connectivity index (χ1) is 13.1. The van der Waals surface area contributed by atoms with E-state index in [4.69, 9.17) is 9.47 Å². The highest BCUT2D eigenvalue weighted by Crippen LogP contribution is 2.43. The number of hydrogen-bond donors (Lipinski definition) is 3. The summed E-state index contributed by atoms with van der Waals surface area (Å²) in [5, 5.41) is 24.0. The van der Waals surface area contributed by atoms with Crippen LogP contribution in [0.5, 0.6) is 0 Å². The van der Waals surface area contributed by atoms with E-state index in [9.17, 15) is 15.0 Å². The third-order valence-electron chi connectivity index (χ3n) is 6.37. The number of aliphatic hydroxyl groups excluding tert-OH is 2. The van der Waals surface area contributed by atoms with Crippen LogP contribution in [0.3, 0.4) is 0 Å². The van der Waals surface area contributed by atoms with Crippen molar-refractivity contribution in [3.05, 3.63) is 35.9 Å². The number of hydrogen-bond acceptors (Lipinski definition) is 6. The molecule has 156 valence electrons. The number of piperidine rings is 1. The lowest BCUT2D eigenvalue weighted by molar-refractivity contribution is -0.339. The van der Waals surface area contributed by atoms with E-state index in [1.807, 2.05) is 62.9 Å². The number of benzene rings is 1. The maximum atomic E-state index is 12.7. The number of ether oxygens (including phenoxy) is 2. The van der Waals surface area contributed by atoms with Crippen molar-refractivity contribution in [2.45, 2.75) is 75.8 Å². The molecule has 3 rings (SSSR count). The SMILES string of the molecule is CNC(=O)C1C(O)C2OC(C)(C)C(C)(C)OC2C(CO)N1Cc1ccccc1. The van der Waals surface area contributed by atoms with E-state index in [0.29, 0.717) is 6.54 Å². The van der Waals surface area contributed by atoms with Crippen molar-refractivity contribution in [3.8, 4) is 0 Å². The highest BCUT2D eigenvalue weighted by molar-refractivity contribution is 5.82. The lowest BCUT2D eigenvalue weighted by Gasteiger charge is -2.59. The molecule has 7 nitrogen and oxygen atoms in total. The summed E-state index contributed by atoms with van der Waals surface area (Å²) >= 11 is 0. The van der Waals surface area contributed by atoms with Crippen molar-refractivity contribution in [1.29, 1.82) is 0 Å². The average molecular weight is 392 g/mol. The van der Waals surface area contributed by atoms with E-state index in [1.165, 1.54) is 0 Å². The van der Waals surface area contributed by atoms with Gasteiger partial charge in [-0.2, -0.15) is 0 Å². The zero-order valence-electron chi connectivity index (χ0n) is 17.3. The predicted octanol–water partition coefficient (Wildman–Crippen LogP) is 0.680. The van der Waals surface area contributed by atoms with Crippen molar-refractivity contribution in [2.75, 3.05) is 13.7 Å². The molecular weight excluding hydrogens is 360 g/mol. The molecule has 0 aromatic heterocycles. The van der Waals surface area contributed by atoms with E-state index in [0.717, 1.165) is 5.56 Å². The minimum atomic E-state index is -1.09. The summed E-state index contributed by atoms with van der Waals surface area (Å²) in [5.41, 5.74) is -0.305. The number of likely N-dealkylation sites (N-methyl/N-ethyl adjacent to an activating group) is 1. The quantitative estimate of drug-likeness (QED) is 0.698. The van der Waals surface area contributed by atoms with Crippen LogP contribution in [0, 0.1) is 0 Å². The van der Waals surface area contributed by atoms with Gasteiger partial charge in [-0.05, 0) is 33.3 Å². The molecule has 0 bridgehead atoms. The summed E-state index contributed by atoms with van der Waals surface area (Å²) in [6, 6.07) is 8.33. The Morgan fingerprint density at radius 1 is 1.11 bits per heavy atom. The van der Waals surface area contributed by atoms with E-state index in [-0.39, 0.29) is 12.5 Å². The van der Waals surface area contributed by atoms with Crippen molar-refractivity contribution < 1.29 is 24.5 Å². The summed E-state index contributed by atoms with van der Waals surface area (Å²) in [7, 11) is 1.54. The lowest BCUT2D eigenvalue weighted by atomic mass is 9.80. The highest BCUT2D eigenvalue weighted by atomic mass is 16.6. The van der Waals surface area contributed by atoms with Crippen LogP contribution in [0.2, 0.25) is 0 Å². The van der Waals surface area contributed by atoms with Crippen molar-refractivity contribution in [1.82, 2.24) is 10.2 Å². The first kappa shape index (κ1) is 21.2. The summed E-state index contributed by atoms with van der Waals surface area (Å²) in [4.78, 5) is 14.5. The van der Waals surface area contributed by atoms with Gasteiger partial charge in [0.25, 0.3) is 0 Å². The molecule has 0 radical (unpaired) electrons. The molecule has 3 N–H and O–H groups in total. The molecule has 0 saturated carbocycles. The Labute approximate surface area is 166 Å². The molecule has 7 heteroatoms. The average Bonchev–Trinajstić information content (AvgIpc) is 2.64. The van der Waals surface area contributed by atoms with Gasteiger partial charge in [-0.15, -0.1) is 0 Å². The molecule has 2 aliphatic heterocycles. The molecule has 5 atom stereocenters. The smallest absolute Gasteiger partial charge is 0.239 e. The second-order valence-electron chi connectivity index (χ2n) is 8.64. The monoisotopic (exact) mass is 392 g/mol. The fourth-order valence-corrected chi connectivity index (χ4v) is 4.10. The van der Waals surface area contributed by atoms with Crippen LogP contribution < -0.4 is 5.32 Å². The molecule has 2 heterocycles. The Morgan fingerprint density at radius 3 is 2.21 bits per heavy atom. The fraction of sp³-hybridized carbons (Fsp3) is 0.667. The van der Waals surface area contributed by atoms with Crippen LogP contribution in [0.25, 0.3) is 0 Å². The van der Waals surface area contributed by atoms with E-state index < -0.39 is 41.6 Å². The van der Waals surface area contributed by atoms with Gasteiger partial charge in [0.1, 0.15) is 24.4 Å². The molecule has 1 aromatic carbocycles. The van der Waals surface area contributed by atoms with Gasteiger partial charge in [-0.1, -0.05) is 30.3 Å². The highest BCUT2D eigenvalue weighted by Gasteiger charge is 2.59. The standard InChI is InChI=1S/C21H32N2O5/c1-20(2)21(3,4)28-18-16(25)15(19(26)22-5)23(14(12-24)17(18)27-20)11-13-9-7-6-8-10-13/h6-10,14-18,24-25H,11-12H2,1-5H3,(H,22,26). The summed E-state index contributed by atoms with van der Waals surface area (Å²) in [5.74, 6) is -0.313. The zero-order chi connectivity index (χ0) is 20.7. The topological polar surface area (TPSA) is 91.3 Å². The number of likely N-dealkylation sites (tertiary alicyclic amines) is 1. The van der Waals surface area contributed by atoms with Gasteiger partial charge in [0, 0.05) is 13.6 Å². The van der Waals surface area contributed by atoms with Gasteiger partial charge in [0.2, 0.25) is 5.91 Å². The normalized spacial score (nSPS) is 34.5. The Balaban J connectivity index is 2.01. The number of fused-ring (bicyclic) bond motifs is 1. The Bertz CT molecular complexity index is 693. The lowest BCUT2D eigenvalue weighted by Crippen LogP contribution is -2.76. The van der Waals surface area contributed by atoms with Crippen LogP contribution in [-0.4, -0.2) is 76.3 Å². The number of aliphatic hydroxyl groups is 2. The Hall–Kier alpha value is -1.51. The number of carbonyl (C=O) groups is 1. The van der Waals surface area contributed by atoms with Crippen LogP contribution in [0.15, 0.2) is 30.3 Å². The van der Waals surface area contributed by atoms with E-state index in [2.05, 4.69) is 5.32 Å². The molecule has 1 amide bonds. The summed E-state index contributed by atoms with van der Waals surface area (Å²) in [6.07, 6.45) is -2.37. The third kappa shape index (κ3) is 3.57. The van der Waals surface area contributed by atoms with Crippen molar-refractivity contribution in [2.24, 2.45) is 0 Å². The molecule has 5 unspecified atom stereocenters. The largest absolute Gasteiger partial charge is 0.395 e. The summed E-state index contributed by atoms with van der Waals surface area (Å²) < 4.78 is 12.6. The minimum Gasteiger partial charge on any atom is -0.395 e. The summed E-state index contributed by atoms with van der Waals surface area (Å²) in [6.45, 7) is 7.89. The Morgan fingerprint density at radius 2 is 1.68 bits per heavy atom. The zero-order valence-corrected chi connectivity index (χ0v) is 17.3. The minimum absolute atomic E-state index is 0.214. The van der Waals surface area contributed by atoms with Gasteiger partial charge in [-0.3, -0.25) is 9.69 Å². The predicted molar refractivity (Wildman–Crippen MR) is 105 cm³/mol. The van der Waals surface area contributed by atoms with Crippen molar-refractivity contribution >= 4 is 5.91 Å². The van der Waals surface area contributed by atoms with Crippen LogP contribution in [0.4, 0.5) is 0 Å². The maximum Gasteiger partial charge on any atom is 0.239 e. The molecule has 2 fully saturated rings. The van der Waals surface area contributed by atoms with Crippen LogP contribution >= 0.6 is 0 Å². The molecule has 0 aliphatic carbocycles. The van der Waals surface area contributed by atoms with Gasteiger partial charge < -0.3 is 25.0 Å². The third-order valence-corrected chi connectivity index (χ3v) is 6.37. The molecule has 2 aliphatic rings. The fourth-order valence-electron chi connectivity index (χ4n) is 4.10. The number of nitrogens with zero attached hydrogens (tertiary/aromatic N) is 1. The second-order valence-corrected chi connectivity index (χ2v) is 8.64. The van der Waals surface area contributed by atoms with Crippen LogP contribution in [-0.2, 0) is 20.8 Å². The van der Waals surface area contributed by atoms with Gasteiger partial charge in [-0.25, -0.2) is 0 Å². The van der Waals surface area contributed by atoms with Gasteiger partial charge >= 0.3 is 0 Å². The molecule has 1 aromatic rings. The number of carbonyl (C=O) groups excluding carboxylic acids is 1. The number of amides is 1. The van der Waals surface area contributed by atoms with Gasteiger partial charge in [0.15, 0.2) is 0 Å². The first-order valence-electron chi connectivity index (χ1n) is 9.79.